The van der Waals surface area contributed by atoms with E-state index >= 15 is 0 Å². The van der Waals surface area contributed by atoms with E-state index in [2.05, 4.69) is 25.8 Å². The van der Waals surface area contributed by atoms with Crippen molar-refractivity contribution in [3.63, 3.8) is 0 Å². The number of ether oxygens (including phenoxy) is 1. The molecular weight excluding hydrogens is 428 g/mol. The van der Waals surface area contributed by atoms with Gasteiger partial charge in [-0.2, -0.15) is 0 Å². The summed E-state index contributed by atoms with van der Waals surface area (Å²) < 4.78 is 5.79. The van der Waals surface area contributed by atoms with E-state index in [-0.39, 0.29) is 16.7 Å². The van der Waals surface area contributed by atoms with Crippen molar-refractivity contribution in [3.05, 3.63) is 95.3 Å². The van der Waals surface area contributed by atoms with Crippen LogP contribution >= 0.6 is 0 Å². The van der Waals surface area contributed by atoms with Gasteiger partial charge in [0.15, 0.2) is 0 Å². The summed E-state index contributed by atoms with van der Waals surface area (Å²) in [5, 5.41) is 11.4. The molecule has 0 spiro atoms. The number of aliphatic hydroxyl groups is 1. The molecule has 1 N–H and O–H groups in total. The van der Waals surface area contributed by atoms with Gasteiger partial charge in [-0.3, -0.25) is 19.5 Å². The molecule has 1 fully saturated rings. The van der Waals surface area contributed by atoms with Crippen molar-refractivity contribution < 1.29 is 19.4 Å². The molecule has 1 amide bonds. The Morgan fingerprint density at radius 2 is 1.79 bits per heavy atom. The molecule has 0 radical (unpaired) electrons. The maximum Gasteiger partial charge on any atom is 0.300 e. The Labute approximate surface area is 199 Å². The minimum absolute atomic E-state index is 0.0332. The molecule has 0 aliphatic carbocycles. The molecule has 0 bridgehead atoms. The zero-order valence-electron chi connectivity index (χ0n) is 19.8. The lowest BCUT2D eigenvalue weighted by molar-refractivity contribution is -0.132. The van der Waals surface area contributed by atoms with Crippen molar-refractivity contribution in [2.75, 3.05) is 11.5 Å². The second kappa shape index (κ2) is 9.14. The van der Waals surface area contributed by atoms with Crippen LogP contribution in [-0.4, -0.2) is 28.4 Å². The molecule has 2 aromatic carbocycles. The fraction of sp³-hybridized carbons (Fsp3) is 0.250. The first-order chi connectivity index (χ1) is 16.2. The highest BCUT2D eigenvalue weighted by Gasteiger charge is 2.47. The van der Waals surface area contributed by atoms with Crippen molar-refractivity contribution in [2.24, 2.45) is 0 Å². The van der Waals surface area contributed by atoms with E-state index < -0.39 is 17.7 Å². The van der Waals surface area contributed by atoms with Gasteiger partial charge in [0.25, 0.3) is 11.7 Å². The standard InChI is InChI=1S/C28H28N2O4/c1-5-34-22-14-13-18(16-21(22)28(2,3)4)25(31)23-24(19-10-9-15-29-17-19)30(27(33)26(23)32)20-11-7-6-8-12-20/h6-17,24,31H,5H2,1-4H3/b25-23-. The smallest absolute Gasteiger partial charge is 0.300 e. The zero-order valence-corrected chi connectivity index (χ0v) is 19.8. The summed E-state index contributed by atoms with van der Waals surface area (Å²) in [4.78, 5) is 32.1. The van der Waals surface area contributed by atoms with E-state index in [1.54, 1.807) is 60.9 Å². The molecular formula is C28H28N2O4. The predicted molar refractivity (Wildman–Crippen MR) is 132 cm³/mol. The number of Topliss-reactive ketones (excluding diaryl/α,β-unsaturated/α-hetero) is 1. The number of rotatable bonds is 5. The average molecular weight is 457 g/mol. The minimum Gasteiger partial charge on any atom is -0.507 e. The van der Waals surface area contributed by atoms with Gasteiger partial charge in [0.05, 0.1) is 18.2 Å². The molecule has 2 heterocycles. The van der Waals surface area contributed by atoms with Crippen LogP contribution in [0.2, 0.25) is 0 Å². The van der Waals surface area contributed by atoms with Crippen molar-refractivity contribution in [1.29, 1.82) is 0 Å². The van der Waals surface area contributed by atoms with E-state index in [1.807, 2.05) is 19.1 Å². The number of amides is 1. The summed E-state index contributed by atoms with van der Waals surface area (Å²) in [6, 6.07) is 17.1. The summed E-state index contributed by atoms with van der Waals surface area (Å²) in [5.41, 5.74) is 2.32. The molecule has 174 valence electrons. The molecule has 34 heavy (non-hydrogen) atoms. The monoisotopic (exact) mass is 456 g/mol. The van der Waals surface area contributed by atoms with Crippen molar-refractivity contribution in [3.8, 4) is 5.75 Å². The van der Waals surface area contributed by atoms with Gasteiger partial charge in [-0.1, -0.05) is 45.0 Å². The normalized spacial score (nSPS) is 17.8. The second-order valence-corrected chi connectivity index (χ2v) is 9.18. The number of aromatic nitrogens is 1. The number of hydrogen-bond donors (Lipinski definition) is 1. The lowest BCUT2D eigenvalue weighted by Gasteiger charge is -2.26. The highest BCUT2D eigenvalue weighted by atomic mass is 16.5. The maximum atomic E-state index is 13.3. The van der Waals surface area contributed by atoms with Crippen molar-refractivity contribution in [2.45, 2.75) is 39.2 Å². The van der Waals surface area contributed by atoms with Crippen LogP contribution in [0.5, 0.6) is 5.75 Å². The molecule has 1 saturated heterocycles. The first-order valence-electron chi connectivity index (χ1n) is 11.3. The van der Waals surface area contributed by atoms with E-state index in [4.69, 9.17) is 4.74 Å². The quantitative estimate of drug-likeness (QED) is 0.316. The van der Waals surface area contributed by atoms with Crippen LogP contribution < -0.4 is 9.64 Å². The third kappa shape index (κ3) is 4.19. The third-order valence-corrected chi connectivity index (χ3v) is 5.84. The summed E-state index contributed by atoms with van der Waals surface area (Å²) in [6.45, 7) is 8.59. The molecule has 1 atom stereocenters. The molecule has 1 unspecified atom stereocenters. The Balaban J connectivity index is 1.93. The largest absolute Gasteiger partial charge is 0.507 e. The molecule has 1 aliphatic heterocycles. The number of para-hydroxylation sites is 1. The van der Waals surface area contributed by atoms with E-state index in [1.165, 1.54) is 4.90 Å². The first-order valence-corrected chi connectivity index (χ1v) is 11.3. The summed E-state index contributed by atoms with van der Waals surface area (Å²) in [5.74, 6) is -0.927. The SMILES string of the molecule is CCOc1ccc(/C(O)=C2/C(=O)C(=O)N(c3ccccc3)C2c2cccnc2)cc1C(C)(C)C. The Morgan fingerprint density at radius 3 is 2.41 bits per heavy atom. The maximum absolute atomic E-state index is 13.3. The van der Waals surface area contributed by atoms with Crippen LogP contribution in [0, 0.1) is 0 Å². The molecule has 6 heteroatoms. The van der Waals surface area contributed by atoms with Crippen LogP contribution in [0.3, 0.4) is 0 Å². The molecule has 6 nitrogen and oxygen atoms in total. The van der Waals surface area contributed by atoms with Crippen molar-refractivity contribution >= 4 is 23.1 Å². The van der Waals surface area contributed by atoms with Gasteiger partial charge in [-0.25, -0.2) is 0 Å². The second-order valence-electron chi connectivity index (χ2n) is 9.18. The molecule has 3 aromatic rings. The van der Waals surface area contributed by atoms with Crippen LogP contribution in [0.25, 0.3) is 5.76 Å². The molecule has 1 aliphatic rings. The predicted octanol–water partition coefficient (Wildman–Crippen LogP) is 5.40. The number of carbonyl (C=O) groups excluding carboxylic acids is 2. The number of nitrogens with zero attached hydrogens (tertiary/aromatic N) is 2. The highest BCUT2D eigenvalue weighted by molar-refractivity contribution is 6.51. The van der Waals surface area contributed by atoms with Gasteiger partial charge in [-0.05, 0) is 54.3 Å². The topological polar surface area (TPSA) is 79.7 Å². The first kappa shape index (κ1) is 23.2. The number of ketones is 1. The van der Waals surface area contributed by atoms with Gasteiger partial charge in [0.1, 0.15) is 11.5 Å². The average Bonchev–Trinajstić information content (AvgIpc) is 3.10. The zero-order chi connectivity index (χ0) is 24.5. The lowest BCUT2D eigenvalue weighted by atomic mass is 9.84. The van der Waals surface area contributed by atoms with Gasteiger partial charge in [0.2, 0.25) is 0 Å². The summed E-state index contributed by atoms with van der Waals surface area (Å²) in [7, 11) is 0. The highest BCUT2D eigenvalue weighted by Crippen LogP contribution is 2.42. The third-order valence-electron chi connectivity index (χ3n) is 5.84. The van der Waals surface area contributed by atoms with Gasteiger partial charge < -0.3 is 9.84 Å². The minimum atomic E-state index is -0.805. The number of carbonyl (C=O) groups is 2. The molecule has 1 aromatic heterocycles. The Kier molecular flexibility index (Phi) is 6.24. The Morgan fingerprint density at radius 1 is 1.06 bits per heavy atom. The van der Waals surface area contributed by atoms with Crippen LogP contribution in [0.15, 0.2) is 78.6 Å². The fourth-order valence-electron chi connectivity index (χ4n) is 4.24. The number of anilines is 1. The van der Waals surface area contributed by atoms with Gasteiger partial charge in [0, 0.05) is 29.2 Å². The number of hydrogen-bond acceptors (Lipinski definition) is 5. The summed E-state index contributed by atoms with van der Waals surface area (Å²) >= 11 is 0. The van der Waals surface area contributed by atoms with Crippen molar-refractivity contribution in [1.82, 2.24) is 4.98 Å². The van der Waals surface area contributed by atoms with Gasteiger partial charge in [-0.15, -0.1) is 0 Å². The van der Waals surface area contributed by atoms with Crippen LogP contribution in [0.4, 0.5) is 5.69 Å². The van der Waals surface area contributed by atoms with E-state index in [9.17, 15) is 14.7 Å². The lowest BCUT2D eigenvalue weighted by Crippen LogP contribution is -2.29. The molecule has 4 rings (SSSR count). The fourth-order valence-corrected chi connectivity index (χ4v) is 4.24. The Bertz CT molecular complexity index is 1240. The number of benzene rings is 2. The number of pyridine rings is 1. The van der Waals surface area contributed by atoms with Crippen LogP contribution in [0.1, 0.15) is 50.4 Å². The summed E-state index contributed by atoms with van der Waals surface area (Å²) in [6.07, 6.45) is 3.23. The van der Waals surface area contributed by atoms with E-state index in [0.29, 0.717) is 23.4 Å². The number of aliphatic hydroxyl groups excluding tert-OH is 1. The Hall–Kier alpha value is -3.93. The molecule has 0 saturated carbocycles. The van der Waals surface area contributed by atoms with Gasteiger partial charge >= 0.3 is 0 Å². The van der Waals surface area contributed by atoms with Crippen LogP contribution in [-0.2, 0) is 15.0 Å². The van der Waals surface area contributed by atoms with E-state index in [0.717, 1.165) is 11.3 Å².